The van der Waals surface area contributed by atoms with Gasteiger partial charge in [0.1, 0.15) is 11.4 Å². The topological polar surface area (TPSA) is 54.5 Å². The number of ether oxygens (including phenoxy) is 1. The molecule has 1 aromatic rings. The monoisotopic (exact) mass is 321 g/mol. The highest BCUT2D eigenvalue weighted by Crippen LogP contribution is 2.17. The number of nitrogens with zero attached hydrogens (tertiary/aromatic N) is 2. The van der Waals surface area contributed by atoms with Crippen molar-refractivity contribution in [1.82, 2.24) is 10.3 Å². The van der Waals surface area contributed by atoms with Crippen molar-refractivity contribution < 1.29 is 9.53 Å². The van der Waals surface area contributed by atoms with Gasteiger partial charge in [-0.15, -0.1) is 0 Å². The molecule has 1 aromatic heterocycles. The molecule has 5 nitrogen and oxygen atoms in total. The molecular formula is C18H31N3O2. The molecule has 130 valence electrons. The van der Waals surface area contributed by atoms with Gasteiger partial charge in [0.2, 0.25) is 0 Å². The lowest BCUT2D eigenvalue weighted by Crippen LogP contribution is -2.32. The molecule has 0 atom stereocenters. The average Bonchev–Trinajstić information content (AvgIpc) is 2.44. The van der Waals surface area contributed by atoms with Crippen LogP contribution in [-0.4, -0.2) is 29.8 Å². The molecule has 0 spiro atoms. The van der Waals surface area contributed by atoms with Gasteiger partial charge in [-0.25, -0.2) is 9.78 Å². The number of aryl methyl sites for hydroxylation is 1. The molecule has 1 heterocycles. The van der Waals surface area contributed by atoms with E-state index in [0.29, 0.717) is 6.54 Å². The Morgan fingerprint density at radius 2 is 1.87 bits per heavy atom. The van der Waals surface area contributed by atoms with Gasteiger partial charge >= 0.3 is 6.09 Å². The smallest absolute Gasteiger partial charge is 0.407 e. The molecular weight excluding hydrogens is 290 g/mol. The Bertz CT molecular complexity index is 503. The number of rotatable bonds is 7. The molecule has 5 heteroatoms. The second-order valence-corrected chi connectivity index (χ2v) is 6.81. The summed E-state index contributed by atoms with van der Waals surface area (Å²) < 4.78 is 5.25. The zero-order chi connectivity index (χ0) is 17.5. The number of anilines is 1. The first-order valence-electron chi connectivity index (χ1n) is 8.44. The summed E-state index contributed by atoms with van der Waals surface area (Å²) in [5.41, 5.74) is 1.65. The third-order valence-corrected chi connectivity index (χ3v) is 3.34. The molecule has 1 rings (SSSR count). The fraction of sp³-hybridized carbons (Fsp3) is 0.667. The zero-order valence-corrected chi connectivity index (χ0v) is 15.4. The lowest BCUT2D eigenvalue weighted by atomic mass is 10.1. The summed E-state index contributed by atoms with van der Waals surface area (Å²) in [6.45, 7) is 14.4. The predicted octanol–water partition coefficient (Wildman–Crippen LogP) is 4.04. The molecule has 0 aliphatic rings. The minimum atomic E-state index is -0.484. The quantitative estimate of drug-likeness (QED) is 0.823. The largest absolute Gasteiger partial charge is 0.444 e. The number of carbonyl (C=O) groups is 1. The van der Waals surface area contributed by atoms with Gasteiger partial charge < -0.3 is 15.0 Å². The van der Waals surface area contributed by atoms with Crippen molar-refractivity contribution in [1.29, 1.82) is 0 Å². The van der Waals surface area contributed by atoms with Crippen LogP contribution < -0.4 is 10.2 Å². The Morgan fingerprint density at radius 3 is 2.35 bits per heavy atom. The minimum absolute atomic E-state index is 0.403. The maximum Gasteiger partial charge on any atom is 0.407 e. The standard InChI is InChI=1S/C18H31N3O2/c1-7-9-21(10-8-2)16-11-14(3)15(12-19-16)13-20-17(22)23-18(4,5)6/h11-12H,7-10,13H2,1-6H3,(H,20,22). The van der Waals surface area contributed by atoms with E-state index in [1.54, 1.807) is 0 Å². The highest BCUT2D eigenvalue weighted by Gasteiger charge is 2.16. The normalized spacial score (nSPS) is 11.2. The first kappa shape index (κ1) is 19.3. The maximum atomic E-state index is 11.7. The van der Waals surface area contributed by atoms with Crippen LogP contribution in [0.2, 0.25) is 0 Å². The summed E-state index contributed by atoms with van der Waals surface area (Å²) in [7, 11) is 0. The molecule has 0 unspecified atom stereocenters. The lowest BCUT2D eigenvalue weighted by molar-refractivity contribution is 0.0523. The van der Waals surface area contributed by atoms with E-state index in [1.165, 1.54) is 0 Å². The first-order chi connectivity index (χ1) is 10.8. The van der Waals surface area contributed by atoms with Crippen LogP contribution in [0.1, 0.15) is 58.6 Å². The molecule has 23 heavy (non-hydrogen) atoms. The van der Waals surface area contributed by atoms with Gasteiger partial charge in [0.15, 0.2) is 0 Å². The zero-order valence-electron chi connectivity index (χ0n) is 15.4. The van der Waals surface area contributed by atoms with Crippen LogP contribution in [0, 0.1) is 6.92 Å². The second kappa shape index (κ2) is 8.75. The van der Waals surface area contributed by atoms with Crippen molar-refractivity contribution in [2.75, 3.05) is 18.0 Å². The van der Waals surface area contributed by atoms with Crippen LogP contribution in [0.4, 0.5) is 10.6 Å². The number of hydrogen-bond acceptors (Lipinski definition) is 4. The number of nitrogens with one attached hydrogen (secondary N) is 1. The third kappa shape index (κ3) is 6.89. The van der Waals surface area contributed by atoms with Crippen LogP contribution in [0.5, 0.6) is 0 Å². The summed E-state index contributed by atoms with van der Waals surface area (Å²) in [5, 5.41) is 2.78. The summed E-state index contributed by atoms with van der Waals surface area (Å²) in [4.78, 5) is 18.6. The molecule has 0 fully saturated rings. The highest BCUT2D eigenvalue weighted by atomic mass is 16.6. The van der Waals surface area contributed by atoms with Crippen molar-refractivity contribution in [3.05, 3.63) is 23.4 Å². The highest BCUT2D eigenvalue weighted by molar-refractivity contribution is 5.67. The summed E-state index contributed by atoms with van der Waals surface area (Å²) in [6, 6.07) is 2.09. The van der Waals surface area contributed by atoms with Crippen molar-refractivity contribution in [3.63, 3.8) is 0 Å². The van der Waals surface area contributed by atoms with Gasteiger partial charge in [0.05, 0.1) is 0 Å². The Balaban J connectivity index is 2.70. The minimum Gasteiger partial charge on any atom is -0.444 e. The Morgan fingerprint density at radius 1 is 1.26 bits per heavy atom. The number of amides is 1. The molecule has 1 N–H and O–H groups in total. The number of pyridine rings is 1. The first-order valence-corrected chi connectivity index (χ1v) is 8.44. The van der Waals surface area contributed by atoms with Crippen molar-refractivity contribution in [2.45, 2.75) is 66.5 Å². The van der Waals surface area contributed by atoms with Gasteiger partial charge in [-0.2, -0.15) is 0 Å². The fourth-order valence-electron chi connectivity index (χ4n) is 2.29. The summed E-state index contributed by atoms with van der Waals surface area (Å²) >= 11 is 0. The van der Waals surface area contributed by atoms with Gasteiger partial charge in [-0.1, -0.05) is 13.8 Å². The van der Waals surface area contributed by atoms with Crippen LogP contribution >= 0.6 is 0 Å². The van der Waals surface area contributed by atoms with E-state index in [0.717, 1.165) is 42.9 Å². The summed E-state index contributed by atoms with van der Waals surface area (Å²) in [5.74, 6) is 1.01. The Hall–Kier alpha value is -1.78. The number of hydrogen-bond donors (Lipinski definition) is 1. The van der Waals surface area contributed by atoms with E-state index in [9.17, 15) is 4.79 Å². The van der Waals surface area contributed by atoms with Crippen LogP contribution in [0.25, 0.3) is 0 Å². The molecule has 0 bridgehead atoms. The molecule has 1 amide bonds. The Kier molecular flexibility index (Phi) is 7.33. The molecule has 0 saturated carbocycles. The molecule has 0 radical (unpaired) electrons. The van der Waals surface area contributed by atoms with Crippen molar-refractivity contribution in [2.24, 2.45) is 0 Å². The van der Waals surface area contributed by atoms with Crippen molar-refractivity contribution >= 4 is 11.9 Å². The van der Waals surface area contributed by atoms with E-state index < -0.39 is 11.7 Å². The number of carbonyl (C=O) groups excluding carboxylic acids is 1. The van der Waals surface area contributed by atoms with Gasteiger partial charge in [-0.3, -0.25) is 0 Å². The van der Waals surface area contributed by atoms with Crippen LogP contribution in [0.15, 0.2) is 12.3 Å². The van der Waals surface area contributed by atoms with Gasteiger partial charge in [-0.05, 0) is 57.7 Å². The van der Waals surface area contributed by atoms with Gasteiger partial charge in [0.25, 0.3) is 0 Å². The third-order valence-electron chi connectivity index (χ3n) is 3.34. The maximum absolute atomic E-state index is 11.7. The van der Waals surface area contributed by atoms with E-state index in [4.69, 9.17) is 4.74 Å². The van der Waals surface area contributed by atoms with Crippen LogP contribution in [-0.2, 0) is 11.3 Å². The van der Waals surface area contributed by atoms with Crippen LogP contribution in [0.3, 0.4) is 0 Å². The SMILES string of the molecule is CCCN(CCC)c1cc(C)c(CNC(=O)OC(C)(C)C)cn1. The predicted molar refractivity (Wildman–Crippen MR) is 94.8 cm³/mol. The number of aromatic nitrogens is 1. The lowest BCUT2D eigenvalue weighted by Gasteiger charge is -2.23. The van der Waals surface area contributed by atoms with Gasteiger partial charge in [0, 0.05) is 25.8 Å². The van der Waals surface area contributed by atoms with Crippen molar-refractivity contribution in [3.8, 4) is 0 Å². The van der Waals surface area contributed by atoms with E-state index in [-0.39, 0.29) is 0 Å². The van der Waals surface area contributed by atoms with E-state index in [1.807, 2.05) is 33.9 Å². The fourth-order valence-corrected chi connectivity index (χ4v) is 2.29. The molecule has 0 aliphatic carbocycles. The number of alkyl carbamates (subject to hydrolysis) is 1. The molecule has 0 aromatic carbocycles. The summed E-state index contributed by atoms with van der Waals surface area (Å²) in [6.07, 6.45) is 3.64. The van der Waals surface area contributed by atoms with E-state index in [2.05, 4.69) is 35.1 Å². The Labute approximate surface area is 140 Å². The van der Waals surface area contributed by atoms with E-state index >= 15 is 0 Å². The average molecular weight is 321 g/mol. The molecule has 0 aliphatic heterocycles. The molecule has 0 saturated heterocycles. The second-order valence-electron chi connectivity index (χ2n) is 6.81.